The molecule has 1 aromatic carbocycles. The molecule has 8 nitrogen and oxygen atoms in total. The Morgan fingerprint density at radius 2 is 2.06 bits per heavy atom. The minimum Gasteiger partial charge on any atom is -0.306 e. The van der Waals surface area contributed by atoms with Gasteiger partial charge >= 0.3 is 11.7 Å². The maximum absolute atomic E-state index is 12.8. The molecule has 2 aromatic heterocycles. The lowest BCUT2D eigenvalue weighted by Crippen LogP contribution is -2.34. The van der Waals surface area contributed by atoms with Crippen molar-refractivity contribution < 1.29 is 4.79 Å². The summed E-state index contributed by atoms with van der Waals surface area (Å²) in [7, 11) is 0. The molecular formula is C19H15Cl2N5O3S2. The summed E-state index contributed by atoms with van der Waals surface area (Å²) in [5, 5.41) is 3.21. The molecule has 160 valence electrons. The van der Waals surface area contributed by atoms with Gasteiger partial charge in [0.15, 0.2) is 0 Å². The van der Waals surface area contributed by atoms with Crippen molar-refractivity contribution in [2.75, 3.05) is 5.32 Å². The van der Waals surface area contributed by atoms with E-state index in [4.69, 9.17) is 23.2 Å². The molecule has 0 saturated heterocycles. The van der Waals surface area contributed by atoms with Crippen molar-refractivity contribution in [2.45, 2.75) is 6.92 Å². The lowest BCUT2D eigenvalue weighted by Gasteiger charge is -2.09. The number of thioether (sulfide) groups is 1. The van der Waals surface area contributed by atoms with Crippen LogP contribution in [0.5, 0.6) is 0 Å². The molecular weight excluding hydrogens is 481 g/mol. The van der Waals surface area contributed by atoms with Gasteiger partial charge in [0.25, 0.3) is 5.56 Å². The zero-order valence-electron chi connectivity index (χ0n) is 15.9. The Kier molecular flexibility index (Phi) is 7.50. The summed E-state index contributed by atoms with van der Waals surface area (Å²) in [6, 6.07) is 7.06. The van der Waals surface area contributed by atoms with E-state index in [1.165, 1.54) is 36.2 Å². The van der Waals surface area contributed by atoms with Crippen molar-refractivity contribution in [3.05, 3.63) is 83.6 Å². The van der Waals surface area contributed by atoms with Crippen LogP contribution < -0.4 is 21.3 Å². The van der Waals surface area contributed by atoms with Crippen LogP contribution >= 0.6 is 46.9 Å². The molecule has 0 aliphatic rings. The van der Waals surface area contributed by atoms with Crippen LogP contribution in [0.25, 0.3) is 16.7 Å². The first kappa shape index (κ1) is 23.0. The number of H-pyrrole nitrogens is 1. The molecule has 0 bridgehead atoms. The van der Waals surface area contributed by atoms with Gasteiger partial charge in [-0.3, -0.25) is 9.52 Å². The van der Waals surface area contributed by atoms with Crippen molar-refractivity contribution >= 4 is 69.5 Å². The molecule has 12 heteroatoms. The minimum atomic E-state index is -0.641. The number of rotatable bonds is 6. The first-order valence-electron chi connectivity index (χ1n) is 8.62. The van der Waals surface area contributed by atoms with E-state index in [1.807, 2.05) is 0 Å². The van der Waals surface area contributed by atoms with E-state index in [-0.39, 0.29) is 11.2 Å². The zero-order valence-corrected chi connectivity index (χ0v) is 19.1. The van der Waals surface area contributed by atoms with Crippen LogP contribution in [0.15, 0.2) is 67.4 Å². The number of allylic oxidation sites excluding steroid dienone is 1. The summed E-state index contributed by atoms with van der Waals surface area (Å²) >= 11 is 14.1. The van der Waals surface area contributed by atoms with Crippen LogP contribution in [-0.2, 0) is 0 Å². The van der Waals surface area contributed by atoms with Gasteiger partial charge in [-0.1, -0.05) is 47.6 Å². The van der Waals surface area contributed by atoms with Crippen molar-refractivity contribution in [2.24, 2.45) is 0 Å². The standard InChI is InChI=1S/C19H15Cl2N5O3S2/c1-3-15(21)30-10(2)31-25-18(28)23-12-5-7-16(22-9-12)26-17(27)13-8-11(20)4-6-14(13)24-19(26)29/h3-9H,2H2,1H3,(H,24,29)(H2,23,25,28)/b15-3-. The summed E-state index contributed by atoms with van der Waals surface area (Å²) in [5.41, 5.74) is -0.462. The summed E-state index contributed by atoms with van der Waals surface area (Å²) in [5.74, 6) is 0.0965. The molecule has 3 aromatic rings. The third kappa shape index (κ3) is 5.73. The molecule has 31 heavy (non-hydrogen) atoms. The molecule has 2 heterocycles. The number of hydrogen-bond donors (Lipinski definition) is 3. The Morgan fingerprint density at radius 1 is 1.29 bits per heavy atom. The normalized spacial score (nSPS) is 11.4. The molecule has 3 N–H and O–H groups in total. The predicted molar refractivity (Wildman–Crippen MR) is 129 cm³/mol. The summed E-state index contributed by atoms with van der Waals surface area (Å²) in [4.78, 5) is 43.9. The van der Waals surface area contributed by atoms with Crippen LogP contribution in [-0.4, -0.2) is 20.6 Å². The number of benzene rings is 1. The number of hydrogen-bond acceptors (Lipinski definition) is 6. The van der Waals surface area contributed by atoms with Gasteiger partial charge in [0.1, 0.15) is 5.82 Å². The molecule has 0 spiro atoms. The van der Waals surface area contributed by atoms with Crippen LogP contribution in [0.1, 0.15) is 6.92 Å². The lowest BCUT2D eigenvalue weighted by atomic mass is 10.2. The van der Waals surface area contributed by atoms with Gasteiger partial charge in [-0.2, -0.15) is 0 Å². The molecule has 3 rings (SSSR count). The number of amides is 2. The third-order valence-electron chi connectivity index (χ3n) is 3.79. The van der Waals surface area contributed by atoms with Crippen LogP contribution in [0.2, 0.25) is 5.02 Å². The number of anilines is 1. The van der Waals surface area contributed by atoms with Gasteiger partial charge in [0, 0.05) is 5.02 Å². The van der Waals surface area contributed by atoms with Crippen molar-refractivity contribution in [1.29, 1.82) is 0 Å². The average Bonchev–Trinajstić information content (AvgIpc) is 2.74. The number of nitrogens with one attached hydrogen (secondary N) is 3. The van der Waals surface area contributed by atoms with Crippen molar-refractivity contribution in [1.82, 2.24) is 19.3 Å². The van der Waals surface area contributed by atoms with E-state index < -0.39 is 17.3 Å². The highest BCUT2D eigenvalue weighted by Gasteiger charge is 2.12. The summed E-state index contributed by atoms with van der Waals surface area (Å²) in [6.07, 6.45) is 3.04. The number of nitrogens with zero attached hydrogens (tertiary/aromatic N) is 2. The monoisotopic (exact) mass is 495 g/mol. The van der Waals surface area contributed by atoms with Gasteiger partial charge in [0.05, 0.1) is 31.4 Å². The highest BCUT2D eigenvalue weighted by molar-refractivity contribution is 8.24. The fourth-order valence-electron chi connectivity index (χ4n) is 2.43. The zero-order chi connectivity index (χ0) is 22.5. The Balaban J connectivity index is 1.74. The van der Waals surface area contributed by atoms with Gasteiger partial charge in [0.2, 0.25) is 0 Å². The minimum absolute atomic E-state index is 0.0965. The Morgan fingerprint density at radius 3 is 2.74 bits per heavy atom. The summed E-state index contributed by atoms with van der Waals surface area (Å²) < 4.78 is 4.58. The number of halogens is 2. The van der Waals surface area contributed by atoms with Crippen molar-refractivity contribution in [3.63, 3.8) is 0 Å². The van der Waals surface area contributed by atoms with Crippen molar-refractivity contribution in [3.8, 4) is 5.82 Å². The van der Waals surface area contributed by atoms with E-state index in [0.717, 1.165) is 16.5 Å². The largest absolute Gasteiger partial charge is 0.334 e. The van der Waals surface area contributed by atoms with Gasteiger partial charge in [-0.15, -0.1) is 0 Å². The molecule has 0 aliphatic carbocycles. The number of fused-ring (bicyclic) bond motifs is 1. The maximum Gasteiger partial charge on any atom is 0.334 e. The van der Waals surface area contributed by atoms with E-state index >= 15 is 0 Å². The topological polar surface area (TPSA) is 109 Å². The fourth-order valence-corrected chi connectivity index (χ4v) is 4.18. The number of carbonyl (C=O) groups is 1. The second-order valence-corrected chi connectivity index (χ2v) is 9.25. The Hall–Kier alpha value is -2.66. The number of pyridine rings is 1. The van der Waals surface area contributed by atoms with Crippen LogP contribution in [0.4, 0.5) is 10.5 Å². The molecule has 0 atom stereocenters. The first-order chi connectivity index (χ1) is 14.8. The molecule has 0 fully saturated rings. The fraction of sp³-hybridized carbons (Fsp3) is 0.0526. The molecule has 0 radical (unpaired) electrons. The number of aromatic nitrogens is 3. The highest BCUT2D eigenvalue weighted by atomic mass is 35.5. The van der Waals surface area contributed by atoms with Crippen LogP contribution in [0, 0.1) is 0 Å². The smallest absolute Gasteiger partial charge is 0.306 e. The summed E-state index contributed by atoms with van der Waals surface area (Å²) in [6.45, 7) is 5.57. The van der Waals surface area contributed by atoms with Gasteiger partial charge < -0.3 is 10.3 Å². The van der Waals surface area contributed by atoms with E-state index in [0.29, 0.717) is 24.8 Å². The lowest BCUT2D eigenvalue weighted by molar-refractivity contribution is 0.257. The number of urea groups is 1. The highest BCUT2D eigenvalue weighted by Crippen LogP contribution is 2.33. The molecule has 0 saturated carbocycles. The maximum atomic E-state index is 12.8. The molecule has 0 unspecified atom stereocenters. The first-order valence-corrected chi connectivity index (χ1v) is 11.0. The molecule has 2 amide bonds. The third-order valence-corrected chi connectivity index (χ3v) is 6.15. The SMILES string of the molecule is C=C(SNC(=O)Nc1ccc(-n2c(=O)[nH]c3ccc(Cl)cc3c2=O)nc1)S/C(Cl)=C\C. The van der Waals surface area contributed by atoms with Gasteiger partial charge in [-0.05, 0) is 49.2 Å². The van der Waals surface area contributed by atoms with E-state index in [9.17, 15) is 14.4 Å². The average molecular weight is 496 g/mol. The second-order valence-electron chi connectivity index (χ2n) is 5.89. The molecule has 0 aliphatic heterocycles. The van der Waals surface area contributed by atoms with Gasteiger partial charge in [-0.25, -0.2) is 19.1 Å². The van der Waals surface area contributed by atoms with Crippen LogP contribution in [0.3, 0.4) is 0 Å². The number of aromatic amines is 1. The second kappa shape index (κ2) is 10.1. The Labute approximate surface area is 194 Å². The quantitative estimate of drug-likeness (QED) is 0.423. The van der Waals surface area contributed by atoms with E-state index in [1.54, 1.807) is 25.1 Å². The Bertz CT molecular complexity index is 1300. The predicted octanol–water partition coefficient (Wildman–Crippen LogP) is 4.80. The number of carbonyl (C=O) groups excluding carboxylic acids is 1. The van der Waals surface area contributed by atoms with E-state index in [2.05, 4.69) is 26.6 Å².